The van der Waals surface area contributed by atoms with Crippen LogP contribution in [0.3, 0.4) is 0 Å². The fourth-order valence-electron chi connectivity index (χ4n) is 3.74. The summed E-state index contributed by atoms with van der Waals surface area (Å²) in [5, 5.41) is 5.64. The molecule has 0 bridgehead atoms. The third-order valence-electron chi connectivity index (χ3n) is 5.32. The fourth-order valence-corrected chi connectivity index (χ4v) is 3.74. The molecule has 8 nitrogen and oxygen atoms in total. The van der Waals surface area contributed by atoms with E-state index in [9.17, 15) is 14.4 Å². The van der Waals surface area contributed by atoms with Gasteiger partial charge in [0.2, 0.25) is 5.91 Å². The number of nitrogens with one attached hydrogen (secondary N) is 2. The Morgan fingerprint density at radius 3 is 2.58 bits per heavy atom. The van der Waals surface area contributed by atoms with Crippen LogP contribution in [0.5, 0.6) is 0 Å². The van der Waals surface area contributed by atoms with Gasteiger partial charge in [0, 0.05) is 12.2 Å². The van der Waals surface area contributed by atoms with Crippen molar-refractivity contribution in [2.24, 2.45) is 0 Å². The van der Waals surface area contributed by atoms with Gasteiger partial charge in [-0.3, -0.25) is 14.5 Å². The zero-order valence-corrected chi connectivity index (χ0v) is 18.2. The lowest BCUT2D eigenvalue weighted by atomic mass is 10.00. The summed E-state index contributed by atoms with van der Waals surface area (Å²) in [6.07, 6.45) is 0.804. The van der Waals surface area contributed by atoms with Crippen molar-refractivity contribution in [3.63, 3.8) is 0 Å². The van der Waals surface area contributed by atoms with Gasteiger partial charge >= 0.3 is 6.09 Å². The van der Waals surface area contributed by atoms with E-state index >= 15 is 0 Å². The summed E-state index contributed by atoms with van der Waals surface area (Å²) in [4.78, 5) is 39.7. The lowest BCUT2D eigenvalue weighted by molar-refractivity contribution is -0.126. The number of hydrogen-bond acceptors (Lipinski definition) is 5. The number of carbonyl (C=O) groups excluding carboxylic acids is 3. The first-order valence-electron chi connectivity index (χ1n) is 10.8. The van der Waals surface area contributed by atoms with Crippen LogP contribution < -0.4 is 10.6 Å². The van der Waals surface area contributed by atoms with E-state index in [1.807, 2.05) is 37.3 Å². The Morgan fingerprint density at radius 1 is 1.03 bits per heavy atom. The van der Waals surface area contributed by atoms with Crippen molar-refractivity contribution in [2.45, 2.75) is 32.0 Å². The number of benzene rings is 2. The Labute approximate surface area is 191 Å². The van der Waals surface area contributed by atoms with Crippen molar-refractivity contribution in [3.05, 3.63) is 89.9 Å². The Balaban J connectivity index is 1.60. The summed E-state index contributed by atoms with van der Waals surface area (Å²) in [6.45, 7) is 2.70. The van der Waals surface area contributed by atoms with Crippen LogP contribution in [0.4, 0.5) is 10.5 Å². The summed E-state index contributed by atoms with van der Waals surface area (Å²) in [5.74, 6) is -0.504. The molecule has 1 aliphatic heterocycles. The summed E-state index contributed by atoms with van der Waals surface area (Å²) in [6, 6.07) is 18.7. The second kappa shape index (κ2) is 10.0. The molecule has 1 aliphatic rings. The number of hydrogen-bond donors (Lipinski definition) is 2. The SMILES string of the molecule is CCCNC(=O)C1C(c2cccc(NC(=O)c3ccco3)c2)OC(=O)N1Cc1ccccc1. The molecule has 2 atom stereocenters. The van der Waals surface area contributed by atoms with Gasteiger partial charge in [-0.2, -0.15) is 0 Å². The second-order valence-electron chi connectivity index (χ2n) is 7.71. The molecule has 2 unspecified atom stereocenters. The smallest absolute Gasteiger partial charge is 0.411 e. The van der Waals surface area contributed by atoms with Gasteiger partial charge in [-0.15, -0.1) is 0 Å². The molecule has 2 aromatic carbocycles. The topological polar surface area (TPSA) is 101 Å². The zero-order valence-electron chi connectivity index (χ0n) is 18.2. The number of nitrogens with zero attached hydrogens (tertiary/aromatic N) is 1. The molecular formula is C25H25N3O5. The summed E-state index contributed by atoms with van der Waals surface area (Å²) >= 11 is 0. The molecule has 3 aromatic rings. The van der Waals surface area contributed by atoms with Crippen LogP contribution in [0.15, 0.2) is 77.4 Å². The number of rotatable bonds is 8. The van der Waals surface area contributed by atoms with Crippen molar-refractivity contribution in [3.8, 4) is 0 Å². The highest BCUT2D eigenvalue weighted by Gasteiger charge is 2.46. The quantitative estimate of drug-likeness (QED) is 0.541. The lowest BCUT2D eigenvalue weighted by Crippen LogP contribution is -2.46. The molecule has 3 amide bonds. The number of anilines is 1. The molecule has 33 heavy (non-hydrogen) atoms. The maximum atomic E-state index is 13.1. The zero-order chi connectivity index (χ0) is 23.2. The molecule has 2 N–H and O–H groups in total. The molecule has 1 saturated heterocycles. The summed E-state index contributed by atoms with van der Waals surface area (Å²) < 4.78 is 10.8. The third kappa shape index (κ3) is 5.06. The molecule has 170 valence electrons. The molecule has 0 aliphatic carbocycles. The number of amides is 3. The molecule has 2 heterocycles. The highest BCUT2D eigenvalue weighted by atomic mass is 16.6. The van der Waals surface area contributed by atoms with E-state index in [4.69, 9.17) is 9.15 Å². The average molecular weight is 447 g/mol. The van der Waals surface area contributed by atoms with Crippen molar-refractivity contribution < 1.29 is 23.5 Å². The van der Waals surface area contributed by atoms with Crippen LogP contribution in [-0.4, -0.2) is 35.4 Å². The van der Waals surface area contributed by atoms with E-state index in [1.165, 1.54) is 11.2 Å². The average Bonchev–Trinajstić information content (AvgIpc) is 3.47. The fraction of sp³-hybridized carbons (Fsp3) is 0.240. The van der Waals surface area contributed by atoms with Crippen LogP contribution in [0.25, 0.3) is 0 Å². The summed E-state index contributed by atoms with van der Waals surface area (Å²) in [7, 11) is 0. The van der Waals surface area contributed by atoms with Gasteiger partial charge in [0.25, 0.3) is 5.91 Å². The minimum absolute atomic E-state index is 0.179. The van der Waals surface area contributed by atoms with Gasteiger partial charge in [0.1, 0.15) is 0 Å². The van der Waals surface area contributed by atoms with Crippen LogP contribution >= 0.6 is 0 Å². The molecule has 1 fully saturated rings. The summed E-state index contributed by atoms with van der Waals surface area (Å²) in [5.41, 5.74) is 2.00. The number of furan rings is 1. The Bertz CT molecular complexity index is 1110. The number of cyclic esters (lactones) is 1. The van der Waals surface area contributed by atoms with Gasteiger partial charge < -0.3 is 19.8 Å². The van der Waals surface area contributed by atoms with Crippen LogP contribution in [0, 0.1) is 0 Å². The van der Waals surface area contributed by atoms with Crippen LogP contribution in [-0.2, 0) is 16.1 Å². The normalized spacial score (nSPS) is 17.5. The molecule has 1 aromatic heterocycles. The molecule has 0 saturated carbocycles. The first kappa shape index (κ1) is 22.1. The first-order valence-corrected chi connectivity index (χ1v) is 10.8. The van der Waals surface area contributed by atoms with E-state index in [2.05, 4.69) is 10.6 Å². The molecule has 4 rings (SSSR count). The molecule has 8 heteroatoms. The molecular weight excluding hydrogens is 422 g/mol. The Kier molecular flexibility index (Phi) is 6.73. The van der Waals surface area contributed by atoms with Crippen LogP contribution in [0.1, 0.15) is 41.1 Å². The van der Waals surface area contributed by atoms with Crippen molar-refractivity contribution in [2.75, 3.05) is 11.9 Å². The Morgan fingerprint density at radius 2 is 1.85 bits per heavy atom. The van der Waals surface area contributed by atoms with Gasteiger partial charge in [-0.1, -0.05) is 49.4 Å². The van der Waals surface area contributed by atoms with Crippen molar-refractivity contribution in [1.29, 1.82) is 0 Å². The monoisotopic (exact) mass is 447 g/mol. The van der Waals surface area contributed by atoms with E-state index in [1.54, 1.807) is 36.4 Å². The van der Waals surface area contributed by atoms with Gasteiger partial charge in [-0.05, 0) is 41.8 Å². The van der Waals surface area contributed by atoms with Crippen molar-refractivity contribution in [1.82, 2.24) is 10.2 Å². The van der Waals surface area contributed by atoms with E-state index in [-0.39, 0.29) is 18.2 Å². The van der Waals surface area contributed by atoms with E-state index in [0.717, 1.165) is 12.0 Å². The molecule has 0 spiro atoms. The maximum Gasteiger partial charge on any atom is 0.411 e. The standard InChI is InChI=1S/C25H25N3O5/c1-2-13-26-24(30)21-22(33-25(31)28(21)16-17-8-4-3-5-9-17)18-10-6-11-19(15-18)27-23(29)20-12-7-14-32-20/h3-12,14-15,21-22H,2,13,16H2,1H3,(H,26,30)(H,27,29). The highest BCUT2D eigenvalue weighted by molar-refractivity contribution is 6.02. The van der Waals surface area contributed by atoms with Gasteiger partial charge in [0.15, 0.2) is 17.9 Å². The minimum atomic E-state index is -0.847. The lowest BCUT2D eigenvalue weighted by Gasteiger charge is -2.24. The second-order valence-corrected chi connectivity index (χ2v) is 7.71. The largest absolute Gasteiger partial charge is 0.459 e. The van der Waals surface area contributed by atoms with Crippen molar-refractivity contribution >= 4 is 23.6 Å². The predicted octanol–water partition coefficient (Wildman–Crippen LogP) is 4.12. The van der Waals surface area contributed by atoms with Crippen LogP contribution in [0.2, 0.25) is 0 Å². The highest BCUT2D eigenvalue weighted by Crippen LogP contribution is 2.35. The first-order chi connectivity index (χ1) is 16.1. The van der Waals surface area contributed by atoms with E-state index in [0.29, 0.717) is 17.8 Å². The minimum Gasteiger partial charge on any atom is -0.459 e. The third-order valence-corrected chi connectivity index (χ3v) is 5.32. The van der Waals surface area contributed by atoms with E-state index < -0.39 is 24.1 Å². The number of carbonyl (C=O) groups is 3. The molecule has 0 radical (unpaired) electrons. The Hall–Kier alpha value is -4.07. The van der Waals surface area contributed by atoms with Gasteiger partial charge in [-0.25, -0.2) is 4.79 Å². The predicted molar refractivity (Wildman–Crippen MR) is 121 cm³/mol. The number of ether oxygens (including phenoxy) is 1. The maximum absolute atomic E-state index is 13.1. The van der Waals surface area contributed by atoms with Gasteiger partial charge in [0.05, 0.1) is 12.8 Å².